The number of hydrogen-bond acceptors (Lipinski definition) is 6. The van der Waals surface area contributed by atoms with Crippen LogP contribution < -0.4 is 10.1 Å². The highest BCUT2D eigenvalue weighted by Gasteiger charge is 2.20. The lowest BCUT2D eigenvalue weighted by Crippen LogP contribution is -2.25. The van der Waals surface area contributed by atoms with Gasteiger partial charge < -0.3 is 19.4 Å². The van der Waals surface area contributed by atoms with Gasteiger partial charge in [-0.25, -0.2) is 13.2 Å². The number of sulfone groups is 1. The van der Waals surface area contributed by atoms with Gasteiger partial charge in [0.05, 0.1) is 16.2 Å². The first kappa shape index (κ1) is 25.0. The third-order valence-corrected chi connectivity index (χ3v) is 6.05. The van der Waals surface area contributed by atoms with Gasteiger partial charge >= 0.3 is 6.16 Å². The van der Waals surface area contributed by atoms with E-state index in [2.05, 4.69) is 5.32 Å². The van der Waals surface area contributed by atoms with Gasteiger partial charge in [0.25, 0.3) is 5.91 Å². The van der Waals surface area contributed by atoms with Crippen LogP contribution >= 0.6 is 0 Å². The topological polar surface area (TPSA) is 104 Å². The lowest BCUT2D eigenvalue weighted by atomic mass is 10.1. The summed E-state index contributed by atoms with van der Waals surface area (Å²) in [6, 6.07) is 13.0. The molecule has 34 heavy (non-hydrogen) atoms. The van der Waals surface area contributed by atoms with Gasteiger partial charge in [-0.3, -0.25) is 4.79 Å². The standard InChI is InChI=1S/C25H28N2O6S/c1-16-21(23(28)26-18-10-12-20(13-11-18)34(6,30)31)15-27(5)22(16)17-8-7-9-19(14-17)32-24(29)33-25(2,3)4/h7-15H,1-6H3,(H,26,28). The zero-order valence-corrected chi connectivity index (χ0v) is 20.8. The van der Waals surface area contributed by atoms with E-state index in [1.54, 1.807) is 57.3 Å². The molecule has 1 heterocycles. The number of ether oxygens (including phenoxy) is 2. The highest BCUT2D eigenvalue weighted by molar-refractivity contribution is 7.90. The molecule has 0 atom stereocenters. The molecule has 0 spiro atoms. The van der Waals surface area contributed by atoms with Crippen molar-refractivity contribution in [3.63, 3.8) is 0 Å². The van der Waals surface area contributed by atoms with Crippen molar-refractivity contribution in [1.29, 1.82) is 0 Å². The molecule has 0 unspecified atom stereocenters. The molecule has 0 fully saturated rings. The quantitative estimate of drug-likeness (QED) is 0.405. The van der Waals surface area contributed by atoms with E-state index in [4.69, 9.17) is 9.47 Å². The van der Waals surface area contributed by atoms with Crippen molar-refractivity contribution in [2.24, 2.45) is 7.05 Å². The van der Waals surface area contributed by atoms with Gasteiger partial charge in [0.1, 0.15) is 11.4 Å². The van der Waals surface area contributed by atoms with Crippen LogP contribution in [0.2, 0.25) is 0 Å². The van der Waals surface area contributed by atoms with E-state index in [0.29, 0.717) is 17.0 Å². The van der Waals surface area contributed by atoms with Crippen molar-refractivity contribution in [1.82, 2.24) is 4.57 Å². The van der Waals surface area contributed by atoms with Crippen LogP contribution in [-0.2, 0) is 21.6 Å². The van der Waals surface area contributed by atoms with Crippen LogP contribution in [0.5, 0.6) is 5.75 Å². The highest BCUT2D eigenvalue weighted by atomic mass is 32.2. The van der Waals surface area contributed by atoms with Crippen molar-refractivity contribution >= 4 is 27.6 Å². The van der Waals surface area contributed by atoms with Gasteiger partial charge in [-0.2, -0.15) is 0 Å². The summed E-state index contributed by atoms with van der Waals surface area (Å²) in [5, 5.41) is 2.80. The maximum atomic E-state index is 12.9. The molecule has 0 aliphatic carbocycles. The number of benzene rings is 2. The molecule has 0 aliphatic rings. The molecule has 0 bridgehead atoms. The molecule has 1 amide bonds. The number of rotatable bonds is 5. The molecular formula is C25H28N2O6S. The van der Waals surface area contributed by atoms with E-state index in [0.717, 1.165) is 23.1 Å². The number of amides is 1. The van der Waals surface area contributed by atoms with Gasteiger partial charge in [0, 0.05) is 30.8 Å². The minimum absolute atomic E-state index is 0.178. The van der Waals surface area contributed by atoms with Crippen molar-refractivity contribution < 1.29 is 27.5 Å². The highest BCUT2D eigenvalue weighted by Crippen LogP contribution is 2.30. The summed E-state index contributed by atoms with van der Waals surface area (Å²) in [4.78, 5) is 25.1. The summed E-state index contributed by atoms with van der Waals surface area (Å²) in [5.74, 6) is -0.00284. The van der Waals surface area contributed by atoms with Crippen LogP contribution in [0.4, 0.5) is 10.5 Å². The molecule has 0 radical (unpaired) electrons. The molecular weight excluding hydrogens is 456 g/mol. The third kappa shape index (κ3) is 6.05. The minimum Gasteiger partial charge on any atom is -0.428 e. The summed E-state index contributed by atoms with van der Waals surface area (Å²) < 4.78 is 35.6. The van der Waals surface area contributed by atoms with Crippen LogP contribution in [0.1, 0.15) is 36.7 Å². The Bertz CT molecular complexity index is 1330. The Morgan fingerprint density at radius 2 is 1.68 bits per heavy atom. The fourth-order valence-corrected chi connectivity index (χ4v) is 4.08. The van der Waals surface area contributed by atoms with Crippen molar-refractivity contribution in [2.45, 2.75) is 38.2 Å². The Hall–Kier alpha value is -3.59. The molecule has 0 aliphatic heterocycles. The van der Waals surface area contributed by atoms with E-state index < -0.39 is 21.6 Å². The van der Waals surface area contributed by atoms with Crippen LogP contribution in [-0.4, -0.2) is 36.9 Å². The first-order valence-corrected chi connectivity index (χ1v) is 12.4. The molecule has 9 heteroatoms. The summed E-state index contributed by atoms with van der Waals surface area (Å²) in [6.45, 7) is 7.10. The molecule has 3 aromatic rings. The Labute approximate surface area is 199 Å². The van der Waals surface area contributed by atoms with Crippen molar-refractivity contribution in [2.75, 3.05) is 11.6 Å². The second-order valence-electron chi connectivity index (χ2n) is 8.97. The van der Waals surface area contributed by atoms with Gasteiger partial charge in [-0.15, -0.1) is 0 Å². The number of nitrogens with one attached hydrogen (secondary N) is 1. The molecule has 2 aromatic carbocycles. The fourth-order valence-electron chi connectivity index (χ4n) is 3.45. The first-order chi connectivity index (χ1) is 15.7. The number of carbonyl (C=O) groups excluding carboxylic acids is 2. The third-order valence-electron chi connectivity index (χ3n) is 4.92. The summed E-state index contributed by atoms with van der Waals surface area (Å²) >= 11 is 0. The van der Waals surface area contributed by atoms with E-state index in [1.807, 2.05) is 24.6 Å². The Morgan fingerprint density at radius 3 is 2.26 bits per heavy atom. The maximum absolute atomic E-state index is 12.9. The van der Waals surface area contributed by atoms with Crippen LogP contribution in [0, 0.1) is 6.92 Å². The van der Waals surface area contributed by atoms with E-state index in [1.165, 1.54) is 12.1 Å². The Morgan fingerprint density at radius 1 is 1.03 bits per heavy atom. The molecule has 3 rings (SSSR count). The van der Waals surface area contributed by atoms with Crippen LogP contribution in [0.25, 0.3) is 11.3 Å². The van der Waals surface area contributed by atoms with Crippen LogP contribution in [0.3, 0.4) is 0 Å². The molecule has 0 saturated heterocycles. The van der Waals surface area contributed by atoms with Gasteiger partial charge in [-0.05, 0) is 69.7 Å². The normalized spacial score (nSPS) is 11.7. The number of carbonyl (C=O) groups is 2. The Kier molecular flexibility index (Phi) is 6.88. The van der Waals surface area contributed by atoms with Crippen molar-refractivity contribution in [3.05, 3.63) is 65.9 Å². The molecule has 1 aromatic heterocycles. The van der Waals surface area contributed by atoms with E-state index in [-0.39, 0.29) is 10.8 Å². The maximum Gasteiger partial charge on any atom is 0.514 e. The minimum atomic E-state index is -3.32. The zero-order chi connectivity index (χ0) is 25.3. The second kappa shape index (κ2) is 9.34. The predicted octanol–water partition coefficient (Wildman–Crippen LogP) is 4.97. The number of nitrogens with zero attached hydrogens (tertiary/aromatic N) is 1. The SMILES string of the molecule is Cc1c(C(=O)Nc2ccc(S(C)(=O)=O)cc2)cn(C)c1-c1cccc(OC(=O)OC(C)(C)C)c1. The molecule has 1 N–H and O–H groups in total. The number of hydrogen-bond donors (Lipinski definition) is 1. The van der Waals surface area contributed by atoms with E-state index in [9.17, 15) is 18.0 Å². The predicted molar refractivity (Wildman–Crippen MR) is 130 cm³/mol. The average Bonchev–Trinajstić information content (AvgIpc) is 3.00. The van der Waals surface area contributed by atoms with Gasteiger partial charge in [-0.1, -0.05) is 12.1 Å². The largest absolute Gasteiger partial charge is 0.514 e. The summed E-state index contributed by atoms with van der Waals surface area (Å²) in [6.07, 6.45) is 2.05. The molecule has 180 valence electrons. The second-order valence-corrected chi connectivity index (χ2v) is 11.0. The van der Waals surface area contributed by atoms with Crippen molar-refractivity contribution in [3.8, 4) is 17.0 Å². The summed E-state index contributed by atoms with van der Waals surface area (Å²) in [5.41, 5.74) is 2.56. The van der Waals surface area contributed by atoms with Gasteiger partial charge in [0.2, 0.25) is 0 Å². The zero-order valence-electron chi connectivity index (χ0n) is 20.0. The summed E-state index contributed by atoms with van der Waals surface area (Å²) in [7, 11) is -1.49. The Balaban J connectivity index is 1.83. The van der Waals surface area contributed by atoms with E-state index >= 15 is 0 Å². The smallest absolute Gasteiger partial charge is 0.428 e. The monoisotopic (exact) mass is 484 g/mol. The number of aryl methyl sites for hydroxylation is 1. The lowest BCUT2D eigenvalue weighted by molar-refractivity contribution is 0.0206. The lowest BCUT2D eigenvalue weighted by Gasteiger charge is -2.18. The van der Waals surface area contributed by atoms with Crippen LogP contribution in [0.15, 0.2) is 59.6 Å². The first-order valence-electron chi connectivity index (χ1n) is 10.5. The number of anilines is 1. The fraction of sp³-hybridized carbons (Fsp3) is 0.280. The molecule has 8 nitrogen and oxygen atoms in total. The van der Waals surface area contributed by atoms with Gasteiger partial charge in [0.15, 0.2) is 9.84 Å². The average molecular weight is 485 g/mol. The molecule has 0 saturated carbocycles. The number of aromatic nitrogens is 1.